The highest BCUT2D eigenvalue weighted by molar-refractivity contribution is 5.01. The third-order valence-corrected chi connectivity index (χ3v) is 2.57. The van der Waals surface area contributed by atoms with E-state index in [0.717, 1.165) is 19.1 Å². The lowest BCUT2D eigenvalue weighted by Gasteiger charge is -2.22. The first-order chi connectivity index (χ1) is 6.09. The maximum Gasteiger partial charge on any atom is 0.0202 e. The van der Waals surface area contributed by atoms with Gasteiger partial charge in [0.2, 0.25) is 0 Å². The first-order valence-electron chi connectivity index (χ1n) is 5.20. The van der Waals surface area contributed by atoms with Crippen LogP contribution in [0.5, 0.6) is 0 Å². The highest BCUT2D eigenvalue weighted by Crippen LogP contribution is 2.18. The Bertz CT molecular complexity index is 171. The van der Waals surface area contributed by atoms with Crippen LogP contribution in [0.2, 0.25) is 0 Å². The molecule has 0 spiro atoms. The van der Waals surface area contributed by atoms with Gasteiger partial charge in [0.05, 0.1) is 0 Å². The summed E-state index contributed by atoms with van der Waals surface area (Å²) in [6.45, 7) is 10.5. The van der Waals surface area contributed by atoms with Gasteiger partial charge in [-0.1, -0.05) is 6.58 Å². The molecular weight excluding hydrogens is 160 g/mol. The van der Waals surface area contributed by atoms with E-state index in [1.54, 1.807) is 0 Å². The zero-order chi connectivity index (χ0) is 9.84. The average Bonchev–Trinajstić information content (AvgIpc) is 2.83. The fourth-order valence-corrected chi connectivity index (χ4v) is 1.17. The summed E-state index contributed by atoms with van der Waals surface area (Å²) in [6, 6.07) is 1.40. The van der Waals surface area contributed by atoms with E-state index >= 15 is 0 Å². The van der Waals surface area contributed by atoms with Crippen LogP contribution in [0, 0.1) is 0 Å². The lowest BCUT2D eigenvalue weighted by molar-refractivity contribution is 0.294. The molecule has 0 atom stereocenters. The van der Waals surface area contributed by atoms with Crippen molar-refractivity contribution in [2.45, 2.75) is 38.8 Å². The molecule has 2 nitrogen and oxygen atoms in total. The van der Waals surface area contributed by atoms with Crippen molar-refractivity contribution in [2.24, 2.45) is 0 Å². The Morgan fingerprint density at radius 3 is 2.62 bits per heavy atom. The summed E-state index contributed by atoms with van der Waals surface area (Å²) in [5.74, 6) is 0. The van der Waals surface area contributed by atoms with Gasteiger partial charge in [0.1, 0.15) is 0 Å². The van der Waals surface area contributed by atoms with Crippen molar-refractivity contribution in [3.8, 4) is 0 Å². The minimum absolute atomic E-state index is 0.609. The number of hydrogen-bond acceptors (Lipinski definition) is 2. The second kappa shape index (κ2) is 4.77. The Labute approximate surface area is 82.0 Å². The minimum Gasteiger partial charge on any atom is -0.310 e. The highest BCUT2D eigenvalue weighted by atomic mass is 15.1. The fourth-order valence-electron chi connectivity index (χ4n) is 1.17. The molecular formula is C11H22N2. The van der Waals surface area contributed by atoms with E-state index in [9.17, 15) is 0 Å². The Hall–Kier alpha value is -0.340. The summed E-state index contributed by atoms with van der Waals surface area (Å²) in [6.07, 6.45) is 2.71. The number of hydrogen-bond donors (Lipinski definition) is 1. The lowest BCUT2D eigenvalue weighted by Crippen LogP contribution is -2.31. The first kappa shape index (κ1) is 10.7. The molecule has 1 aliphatic carbocycles. The summed E-state index contributed by atoms with van der Waals surface area (Å²) in [4.78, 5) is 2.32. The summed E-state index contributed by atoms with van der Waals surface area (Å²) in [5.41, 5.74) is 1.29. The average molecular weight is 182 g/mol. The minimum atomic E-state index is 0.609. The van der Waals surface area contributed by atoms with Crippen molar-refractivity contribution in [3.63, 3.8) is 0 Å². The molecule has 1 saturated carbocycles. The van der Waals surface area contributed by atoms with Gasteiger partial charge >= 0.3 is 0 Å². The smallest absolute Gasteiger partial charge is 0.0202 e. The zero-order valence-electron chi connectivity index (χ0n) is 9.14. The largest absolute Gasteiger partial charge is 0.310 e. The van der Waals surface area contributed by atoms with Gasteiger partial charge in [-0.25, -0.2) is 0 Å². The molecule has 13 heavy (non-hydrogen) atoms. The van der Waals surface area contributed by atoms with Crippen LogP contribution in [0.25, 0.3) is 0 Å². The summed E-state index contributed by atoms with van der Waals surface area (Å²) in [5, 5.41) is 3.47. The molecule has 0 saturated heterocycles. The molecule has 0 aromatic carbocycles. The van der Waals surface area contributed by atoms with Gasteiger partial charge in [0.15, 0.2) is 0 Å². The van der Waals surface area contributed by atoms with E-state index in [1.807, 2.05) is 0 Å². The van der Waals surface area contributed by atoms with Crippen molar-refractivity contribution >= 4 is 0 Å². The molecule has 0 radical (unpaired) electrons. The van der Waals surface area contributed by atoms with Gasteiger partial charge in [-0.3, -0.25) is 0 Å². The Morgan fingerprint density at radius 1 is 1.54 bits per heavy atom. The summed E-state index contributed by atoms with van der Waals surface area (Å²) < 4.78 is 0. The maximum atomic E-state index is 4.07. The lowest BCUT2D eigenvalue weighted by atomic mass is 10.2. The third-order valence-electron chi connectivity index (χ3n) is 2.57. The van der Waals surface area contributed by atoms with Gasteiger partial charge in [0.25, 0.3) is 0 Å². The predicted octanol–water partition coefficient (Wildman–Crippen LogP) is 1.63. The van der Waals surface area contributed by atoms with Crippen molar-refractivity contribution in [1.29, 1.82) is 0 Å². The number of nitrogens with zero attached hydrogens (tertiary/aromatic N) is 1. The second-order valence-corrected chi connectivity index (χ2v) is 4.41. The Kier molecular flexibility index (Phi) is 3.94. The van der Waals surface area contributed by atoms with Crippen LogP contribution >= 0.6 is 0 Å². The molecule has 0 bridgehead atoms. The fraction of sp³-hybridized carbons (Fsp3) is 0.818. The molecule has 1 N–H and O–H groups in total. The van der Waals surface area contributed by atoms with Crippen molar-refractivity contribution in [3.05, 3.63) is 12.2 Å². The molecule has 0 amide bonds. The van der Waals surface area contributed by atoms with Gasteiger partial charge in [-0.2, -0.15) is 0 Å². The quantitative estimate of drug-likeness (QED) is 0.628. The van der Waals surface area contributed by atoms with E-state index in [-0.39, 0.29) is 0 Å². The number of likely N-dealkylation sites (N-methyl/N-ethyl adjacent to an activating group) is 1. The van der Waals surface area contributed by atoms with E-state index in [2.05, 4.69) is 37.7 Å². The third kappa shape index (κ3) is 4.44. The van der Waals surface area contributed by atoms with Crippen LogP contribution in [0.4, 0.5) is 0 Å². The van der Waals surface area contributed by atoms with E-state index in [4.69, 9.17) is 0 Å². The summed E-state index contributed by atoms with van der Waals surface area (Å²) >= 11 is 0. The van der Waals surface area contributed by atoms with E-state index in [1.165, 1.54) is 18.4 Å². The van der Waals surface area contributed by atoms with E-state index < -0.39 is 0 Å². The van der Waals surface area contributed by atoms with Crippen molar-refractivity contribution < 1.29 is 0 Å². The molecule has 1 fully saturated rings. The number of rotatable bonds is 6. The van der Waals surface area contributed by atoms with Crippen LogP contribution < -0.4 is 5.32 Å². The monoisotopic (exact) mass is 182 g/mol. The zero-order valence-corrected chi connectivity index (χ0v) is 9.14. The molecule has 1 aliphatic rings. The predicted molar refractivity (Wildman–Crippen MR) is 57.9 cm³/mol. The molecule has 0 unspecified atom stereocenters. The van der Waals surface area contributed by atoms with Crippen molar-refractivity contribution in [2.75, 3.05) is 20.1 Å². The van der Waals surface area contributed by atoms with Gasteiger partial charge in [-0.15, -0.1) is 0 Å². The molecule has 0 aromatic rings. The van der Waals surface area contributed by atoms with Gasteiger partial charge < -0.3 is 10.2 Å². The van der Waals surface area contributed by atoms with Crippen molar-refractivity contribution in [1.82, 2.24) is 10.2 Å². The SMILES string of the molecule is C=C(CNC1CC1)CN(C)C(C)C. The highest BCUT2D eigenvalue weighted by Gasteiger charge is 2.20. The topological polar surface area (TPSA) is 15.3 Å². The normalized spacial score (nSPS) is 17.0. The van der Waals surface area contributed by atoms with Gasteiger partial charge in [0, 0.05) is 25.2 Å². The van der Waals surface area contributed by atoms with E-state index in [0.29, 0.717) is 6.04 Å². The summed E-state index contributed by atoms with van der Waals surface area (Å²) in [7, 11) is 2.15. The molecule has 0 aliphatic heterocycles. The Balaban J connectivity index is 2.08. The molecule has 1 rings (SSSR count). The molecule has 76 valence electrons. The van der Waals surface area contributed by atoms with Crippen LogP contribution in [-0.4, -0.2) is 37.1 Å². The molecule has 2 heteroatoms. The van der Waals surface area contributed by atoms with Gasteiger partial charge in [-0.05, 0) is 39.3 Å². The second-order valence-electron chi connectivity index (χ2n) is 4.41. The van der Waals surface area contributed by atoms with Crippen LogP contribution in [0.15, 0.2) is 12.2 Å². The van der Waals surface area contributed by atoms with Crippen LogP contribution in [-0.2, 0) is 0 Å². The maximum absolute atomic E-state index is 4.07. The number of nitrogens with one attached hydrogen (secondary N) is 1. The van der Waals surface area contributed by atoms with Crippen LogP contribution in [0.3, 0.4) is 0 Å². The first-order valence-corrected chi connectivity index (χ1v) is 5.20. The molecule has 0 aromatic heterocycles. The van der Waals surface area contributed by atoms with Crippen LogP contribution in [0.1, 0.15) is 26.7 Å². The Morgan fingerprint density at radius 2 is 2.15 bits per heavy atom. The standard InChI is InChI=1S/C11H22N2/c1-9(2)13(4)8-10(3)7-12-11-5-6-11/h9,11-12H,3,5-8H2,1-2,4H3. The molecule has 0 heterocycles.